The smallest absolute Gasteiger partial charge is 0.251 e. The van der Waals surface area contributed by atoms with Crippen LogP contribution in [0.5, 0.6) is 11.5 Å². The van der Waals surface area contributed by atoms with Crippen molar-refractivity contribution in [1.29, 1.82) is 0 Å². The quantitative estimate of drug-likeness (QED) is 0.906. The van der Waals surface area contributed by atoms with Gasteiger partial charge in [0.15, 0.2) is 11.5 Å². The summed E-state index contributed by atoms with van der Waals surface area (Å²) >= 11 is 0. The summed E-state index contributed by atoms with van der Waals surface area (Å²) in [5, 5.41) is 3.39. The van der Waals surface area contributed by atoms with E-state index in [9.17, 15) is 0 Å². The molecule has 0 radical (unpaired) electrons. The Morgan fingerprint density at radius 1 is 1.00 bits per heavy atom. The van der Waals surface area contributed by atoms with Gasteiger partial charge in [0, 0.05) is 45.6 Å². The van der Waals surface area contributed by atoms with E-state index in [1.807, 2.05) is 0 Å². The lowest BCUT2D eigenvalue weighted by atomic mass is 9.94. The fourth-order valence-electron chi connectivity index (χ4n) is 3.66. The number of nitrogens with zero attached hydrogens (tertiary/aromatic N) is 1. The highest BCUT2D eigenvalue weighted by atomic mass is 16.7. The number of benzene rings is 1. The summed E-state index contributed by atoms with van der Waals surface area (Å²) in [6.07, 6.45) is 5.77. The molecule has 4 nitrogen and oxygen atoms in total. The minimum absolute atomic E-state index is 0.353. The topological polar surface area (TPSA) is 33.7 Å². The number of piperazine rings is 1. The van der Waals surface area contributed by atoms with E-state index < -0.39 is 0 Å². The first-order valence-electron chi connectivity index (χ1n) is 8.27. The molecule has 1 aromatic rings. The standard InChI is InChI=1S/C17H24N2O2/c1-2-6-17(7-3-1)20-15-5-4-14(12-16(15)21-17)13-19-10-8-18-9-11-19/h4-5,12,18H,1-3,6-11,13H2. The van der Waals surface area contributed by atoms with Gasteiger partial charge >= 0.3 is 0 Å². The Hall–Kier alpha value is -1.26. The lowest BCUT2D eigenvalue weighted by Crippen LogP contribution is -2.42. The van der Waals surface area contributed by atoms with Gasteiger partial charge in [-0.3, -0.25) is 4.90 Å². The lowest BCUT2D eigenvalue weighted by molar-refractivity contribution is -0.105. The van der Waals surface area contributed by atoms with E-state index in [1.54, 1.807) is 0 Å². The maximum atomic E-state index is 6.21. The molecule has 4 heteroatoms. The van der Waals surface area contributed by atoms with Crippen LogP contribution in [0, 0.1) is 0 Å². The second kappa shape index (κ2) is 5.50. The molecule has 4 rings (SSSR count). The highest BCUT2D eigenvalue weighted by Gasteiger charge is 2.42. The Morgan fingerprint density at radius 3 is 2.57 bits per heavy atom. The van der Waals surface area contributed by atoms with Crippen molar-refractivity contribution in [3.63, 3.8) is 0 Å². The first-order chi connectivity index (χ1) is 10.3. The minimum atomic E-state index is -0.353. The van der Waals surface area contributed by atoms with Crippen molar-refractivity contribution in [1.82, 2.24) is 10.2 Å². The predicted octanol–water partition coefficient (Wildman–Crippen LogP) is 2.52. The summed E-state index contributed by atoms with van der Waals surface area (Å²) in [5.41, 5.74) is 1.33. The Balaban J connectivity index is 1.47. The van der Waals surface area contributed by atoms with E-state index in [-0.39, 0.29) is 5.79 Å². The van der Waals surface area contributed by atoms with Gasteiger partial charge in [0.25, 0.3) is 5.79 Å². The van der Waals surface area contributed by atoms with Gasteiger partial charge in [0.2, 0.25) is 0 Å². The van der Waals surface area contributed by atoms with E-state index >= 15 is 0 Å². The zero-order valence-corrected chi connectivity index (χ0v) is 12.6. The van der Waals surface area contributed by atoms with Crippen LogP contribution in [-0.4, -0.2) is 36.9 Å². The van der Waals surface area contributed by atoms with Crippen molar-refractivity contribution in [2.24, 2.45) is 0 Å². The molecule has 0 aromatic heterocycles. The number of rotatable bonds is 2. The van der Waals surface area contributed by atoms with Crippen LogP contribution in [0.3, 0.4) is 0 Å². The molecule has 21 heavy (non-hydrogen) atoms. The van der Waals surface area contributed by atoms with Gasteiger partial charge in [-0.25, -0.2) is 0 Å². The van der Waals surface area contributed by atoms with Crippen molar-refractivity contribution >= 4 is 0 Å². The zero-order chi connectivity index (χ0) is 14.1. The Morgan fingerprint density at radius 2 is 1.76 bits per heavy atom. The van der Waals surface area contributed by atoms with Gasteiger partial charge in [0.1, 0.15) is 0 Å². The van der Waals surface area contributed by atoms with E-state index in [0.29, 0.717) is 0 Å². The van der Waals surface area contributed by atoms with Crippen LogP contribution in [0.25, 0.3) is 0 Å². The van der Waals surface area contributed by atoms with Crippen LogP contribution in [0.2, 0.25) is 0 Å². The van der Waals surface area contributed by atoms with Crippen molar-refractivity contribution in [2.75, 3.05) is 26.2 Å². The van der Waals surface area contributed by atoms with E-state index in [4.69, 9.17) is 9.47 Å². The van der Waals surface area contributed by atoms with Gasteiger partial charge in [-0.15, -0.1) is 0 Å². The molecule has 114 valence electrons. The third-order valence-corrected chi connectivity index (χ3v) is 4.83. The van der Waals surface area contributed by atoms with Gasteiger partial charge < -0.3 is 14.8 Å². The number of hydrogen-bond acceptors (Lipinski definition) is 4. The maximum Gasteiger partial charge on any atom is 0.251 e. The normalized spacial score (nSPS) is 24.4. The molecular weight excluding hydrogens is 264 g/mol. The molecule has 1 aliphatic carbocycles. The molecule has 2 aliphatic heterocycles. The number of nitrogens with one attached hydrogen (secondary N) is 1. The second-order valence-corrected chi connectivity index (χ2v) is 6.48. The highest BCUT2D eigenvalue weighted by molar-refractivity contribution is 5.46. The fraction of sp³-hybridized carbons (Fsp3) is 0.647. The monoisotopic (exact) mass is 288 g/mol. The molecular formula is C17H24N2O2. The Labute approximate surface area is 126 Å². The first-order valence-corrected chi connectivity index (χ1v) is 8.27. The molecule has 1 N–H and O–H groups in total. The molecule has 0 amide bonds. The highest BCUT2D eigenvalue weighted by Crippen LogP contribution is 2.45. The van der Waals surface area contributed by atoms with Gasteiger partial charge in [-0.1, -0.05) is 12.5 Å². The van der Waals surface area contributed by atoms with Crippen LogP contribution >= 0.6 is 0 Å². The van der Waals surface area contributed by atoms with E-state index in [2.05, 4.69) is 28.4 Å². The van der Waals surface area contributed by atoms with Crippen LogP contribution in [0.4, 0.5) is 0 Å². The molecule has 2 fully saturated rings. The predicted molar refractivity (Wildman–Crippen MR) is 81.7 cm³/mol. The van der Waals surface area contributed by atoms with Crippen molar-refractivity contribution in [2.45, 2.75) is 44.4 Å². The van der Waals surface area contributed by atoms with E-state index in [1.165, 1.54) is 24.8 Å². The van der Waals surface area contributed by atoms with Crippen LogP contribution < -0.4 is 14.8 Å². The number of hydrogen-bond donors (Lipinski definition) is 1. The Bertz CT molecular complexity index is 506. The summed E-state index contributed by atoms with van der Waals surface area (Å²) in [4.78, 5) is 2.49. The molecule has 0 atom stereocenters. The van der Waals surface area contributed by atoms with Gasteiger partial charge in [-0.2, -0.15) is 0 Å². The summed E-state index contributed by atoms with van der Waals surface area (Å²) in [6, 6.07) is 6.46. The summed E-state index contributed by atoms with van der Waals surface area (Å²) in [5.74, 6) is 1.53. The van der Waals surface area contributed by atoms with Crippen molar-refractivity contribution < 1.29 is 9.47 Å². The summed E-state index contributed by atoms with van der Waals surface area (Å²) in [6.45, 7) is 5.43. The summed E-state index contributed by atoms with van der Waals surface area (Å²) in [7, 11) is 0. The third kappa shape index (κ3) is 2.74. The number of fused-ring (bicyclic) bond motifs is 1. The molecule has 1 saturated carbocycles. The molecule has 1 aromatic carbocycles. The largest absolute Gasteiger partial charge is 0.448 e. The zero-order valence-electron chi connectivity index (χ0n) is 12.6. The Kier molecular flexibility index (Phi) is 3.51. The molecule has 1 saturated heterocycles. The van der Waals surface area contributed by atoms with Crippen LogP contribution in [-0.2, 0) is 6.54 Å². The average molecular weight is 288 g/mol. The fourth-order valence-corrected chi connectivity index (χ4v) is 3.66. The van der Waals surface area contributed by atoms with Crippen LogP contribution in [0.1, 0.15) is 37.7 Å². The second-order valence-electron chi connectivity index (χ2n) is 6.48. The number of ether oxygens (including phenoxy) is 2. The first kappa shape index (κ1) is 13.4. The molecule has 0 unspecified atom stereocenters. The van der Waals surface area contributed by atoms with Crippen molar-refractivity contribution in [3.05, 3.63) is 23.8 Å². The van der Waals surface area contributed by atoms with Crippen molar-refractivity contribution in [3.8, 4) is 11.5 Å². The van der Waals surface area contributed by atoms with Crippen LogP contribution in [0.15, 0.2) is 18.2 Å². The summed E-state index contributed by atoms with van der Waals surface area (Å²) < 4.78 is 12.3. The molecule has 0 bridgehead atoms. The minimum Gasteiger partial charge on any atom is -0.448 e. The molecule has 1 spiro atoms. The van der Waals surface area contributed by atoms with Gasteiger partial charge in [0.05, 0.1) is 0 Å². The molecule has 3 aliphatic rings. The lowest BCUT2D eigenvalue weighted by Gasteiger charge is -2.31. The maximum absolute atomic E-state index is 6.21. The third-order valence-electron chi connectivity index (χ3n) is 4.83. The van der Waals surface area contributed by atoms with Gasteiger partial charge in [-0.05, 0) is 30.5 Å². The van der Waals surface area contributed by atoms with E-state index in [0.717, 1.165) is 57.1 Å². The average Bonchev–Trinajstić information content (AvgIpc) is 2.85. The molecule has 2 heterocycles. The SMILES string of the molecule is c1cc2c(cc1CN1CCNCC1)OC1(CCCCC1)O2.